The normalized spacial score (nSPS) is 24.7. The van der Waals surface area contributed by atoms with Gasteiger partial charge in [0.05, 0.1) is 6.61 Å². The molecule has 5 heteroatoms. The third kappa shape index (κ3) is 2.72. The van der Waals surface area contributed by atoms with Gasteiger partial charge in [0.25, 0.3) is 0 Å². The van der Waals surface area contributed by atoms with E-state index in [2.05, 4.69) is 5.32 Å². The van der Waals surface area contributed by atoms with Crippen molar-refractivity contribution in [2.75, 3.05) is 18.5 Å². The van der Waals surface area contributed by atoms with E-state index in [0.717, 1.165) is 18.6 Å². The molecule has 1 aromatic rings. The summed E-state index contributed by atoms with van der Waals surface area (Å²) in [5, 5.41) is 3.01. The first-order valence-corrected chi connectivity index (χ1v) is 5.56. The molecule has 1 fully saturated rings. The highest BCUT2D eigenvalue weighted by molar-refractivity contribution is 5.45. The molecule has 94 valence electrons. The zero-order valence-corrected chi connectivity index (χ0v) is 9.47. The summed E-state index contributed by atoms with van der Waals surface area (Å²) in [6, 6.07) is 2.04. The first-order valence-electron chi connectivity index (χ1n) is 5.56. The lowest BCUT2D eigenvalue weighted by molar-refractivity contribution is 0.0537. The predicted octanol–water partition coefficient (Wildman–Crippen LogP) is 2.94. The Balaban J connectivity index is 2.12. The lowest BCUT2D eigenvalue weighted by Gasteiger charge is -2.30. The standard InChI is InChI=1S/C12H14F3NO/c1-7-6-17-3-2-11(7)16-8-4-9(13)12(15)10(14)5-8/h4-5,7,11,16H,2-3,6H2,1H3. The molecule has 17 heavy (non-hydrogen) atoms. The molecule has 1 aliphatic heterocycles. The molecule has 2 rings (SSSR count). The van der Waals surface area contributed by atoms with Crippen LogP contribution in [0.3, 0.4) is 0 Å². The second-order valence-electron chi connectivity index (χ2n) is 4.35. The van der Waals surface area contributed by atoms with Crippen LogP contribution in [-0.4, -0.2) is 19.3 Å². The van der Waals surface area contributed by atoms with E-state index in [0.29, 0.717) is 13.2 Å². The Hall–Kier alpha value is -1.23. The molecule has 0 radical (unpaired) electrons. The van der Waals surface area contributed by atoms with Gasteiger partial charge in [-0.25, -0.2) is 13.2 Å². The Kier molecular flexibility index (Phi) is 3.57. The minimum absolute atomic E-state index is 0.0908. The van der Waals surface area contributed by atoms with Gasteiger partial charge in [0.2, 0.25) is 0 Å². The first kappa shape index (κ1) is 12.2. The van der Waals surface area contributed by atoms with Crippen LogP contribution in [-0.2, 0) is 4.74 Å². The van der Waals surface area contributed by atoms with Crippen LogP contribution < -0.4 is 5.32 Å². The highest BCUT2D eigenvalue weighted by Crippen LogP contribution is 2.22. The number of hydrogen-bond donors (Lipinski definition) is 1. The average Bonchev–Trinajstić information content (AvgIpc) is 2.29. The van der Waals surface area contributed by atoms with E-state index in [1.807, 2.05) is 6.92 Å². The lowest BCUT2D eigenvalue weighted by atomic mass is 9.97. The minimum atomic E-state index is -1.43. The molecule has 0 aromatic heterocycles. The van der Waals surface area contributed by atoms with E-state index in [4.69, 9.17) is 4.74 Å². The summed E-state index contributed by atoms with van der Waals surface area (Å²) in [6.07, 6.45) is 0.766. The molecule has 0 aliphatic carbocycles. The van der Waals surface area contributed by atoms with E-state index in [-0.39, 0.29) is 17.6 Å². The summed E-state index contributed by atoms with van der Waals surface area (Å²) in [6.45, 7) is 3.23. The molecule has 1 aromatic carbocycles. The second kappa shape index (κ2) is 4.96. The molecule has 1 aliphatic rings. The Morgan fingerprint density at radius 2 is 1.88 bits per heavy atom. The Labute approximate surface area is 97.8 Å². The summed E-state index contributed by atoms with van der Waals surface area (Å²) in [5.74, 6) is -3.53. The van der Waals surface area contributed by atoms with Crippen LogP contribution in [0.1, 0.15) is 13.3 Å². The lowest BCUT2D eigenvalue weighted by Crippen LogP contribution is -2.36. The molecular formula is C12H14F3NO. The number of ether oxygens (including phenoxy) is 1. The third-order valence-electron chi connectivity index (χ3n) is 2.98. The van der Waals surface area contributed by atoms with Crippen molar-refractivity contribution in [2.24, 2.45) is 5.92 Å². The number of rotatable bonds is 2. The summed E-state index contributed by atoms with van der Waals surface area (Å²) in [4.78, 5) is 0. The summed E-state index contributed by atoms with van der Waals surface area (Å²) in [7, 11) is 0. The molecule has 0 amide bonds. The van der Waals surface area contributed by atoms with Crippen molar-refractivity contribution in [1.82, 2.24) is 0 Å². The molecule has 2 atom stereocenters. The van der Waals surface area contributed by atoms with Crippen molar-refractivity contribution >= 4 is 5.69 Å². The molecule has 1 heterocycles. The quantitative estimate of drug-likeness (QED) is 0.809. The van der Waals surface area contributed by atoms with Crippen LogP contribution in [0, 0.1) is 23.4 Å². The maximum atomic E-state index is 13.0. The van der Waals surface area contributed by atoms with Gasteiger partial charge in [0.1, 0.15) is 0 Å². The molecular weight excluding hydrogens is 231 g/mol. The van der Waals surface area contributed by atoms with Crippen molar-refractivity contribution in [3.05, 3.63) is 29.6 Å². The van der Waals surface area contributed by atoms with Gasteiger partial charge in [0, 0.05) is 30.5 Å². The highest BCUT2D eigenvalue weighted by Gasteiger charge is 2.22. The van der Waals surface area contributed by atoms with Crippen molar-refractivity contribution in [3.8, 4) is 0 Å². The molecule has 0 bridgehead atoms. The zero-order chi connectivity index (χ0) is 12.4. The van der Waals surface area contributed by atoms with E-state index in [1.165, 1.54) is 0 Å². The number of hydrogen-bond acceptors (Lipinski definition) is 2. The molecule has 0 saturated carbocycles. The smallest absolute Gasteiger partial charge is 0.194 e. The van der Waals surface area contributed by atoms with Gasteiger partial charge in [0.15, 0.2) is 17.5 Å². The largest absolute Gasteiger partial charge is 0.382 e. The van der Waals surface area contributed by atoms with Crippen molar-refractivity contribution < 1.29 is 17.9 Å². The van der Waals surface area contributed by atoms with Crippen LogP contribution in [0.15, 0.2) is 12.1 Å². The van der Waals surface area contributed by atoms with E-state index in [1.54, 1.807) is 0 Å². The molecule has 1 saturated heterocycles. The molecule has 2 unspecified atom stereocenters. The van der Waals surface area contributed by atoms with Gasteiger partial charge in [-0.3, -0.25) is 0 Å². The molecule has 1 N–H and O–H groups in total. The SMILES string of the molecule is CC1COCCC1Nc1cc(F)c(F)c(F)c1. The van der Waals surface area contributed by atoms with Gasteiger partial charge in [-0.2, -0.15) is 0 Å². The Morgan fingerprint density at radius 1 is 1.24 bits per heavy atom. The van der Waals surface area contributed by atoms with Crippen LogP contribution in [0.2, 0.25) is 0 Å². The van der Waals surface area contributed by atoms with E-state index >= 15 is 0 Å². The number of anilines is 1. The zero-order valence-electron chi connectivity index (χ0n) is 9.47. The monoisotopic (exact) mass is 245 g/mol. The summed E-state index contributed by atoms with van der Waals surface area (Å²) >= 11 is 0. The first-order chi connectivity index (χ1) is 8.08. The van der Waals surface area contributed by atoms with E-state index < -0.39 is 17.5 Å². The maximum absolute atomic E-state index is 13.0. The third-order valence-corrected chi connectivity index (χ3v) is 2.98. The van der Waals surface area contributed by atoms with Gasteiger partial charge in [-0.15, -0.1) is 0 Å². The van der Waals surface area contributed by atoms with Crippen LogP contribution in [0.25, 0.3) is 0 Å². The second-order valence-corrected chi connectivity index (χ2v) is 4.35. The molecule has 0 spiro atoms. The number of halogens is 3. The topological polar surface area (TPSA) is 21.3 Å². The average molecular weight is 245 g/mol. The van der Waals surface area contributed by atoms with Crippen molar-refractivity contribution in [1.29, 1.82) is 0 Å². The van der Waals surface area contributed by atoms with Crippen molar-refractivity contribution in [2.45, 2.75) is 19.4 Å². The molecule has 2 nitrogen and oxygen atoms in total. The van der Waals surface area contributed by atoms with Gasteiger partial charge >= 0.3 is 0 Å². The summed E-state index contributed by atoms with van der Waals surface area (Å²) < 4.78 is 44.1. The fraction of sp³-hybridized carbons (Fsp3) is 0.500. The number of benzene rings is 1. The Morgan fingerprint density at radius 3 is 2.47 bits per heavy atom. The fourth-order valence-electron chi connectivity index (χ4n) is 1.95. The van der Waals surface area contributed by atoms with Gasteiger partial charge in [-0.1, -0.05) is 6.92 Å². The van der Waals surface area contributed by atoms with E-state index in [9.17, 15) is 13.2 Å². The van der Waals surface area contributed by atoms with Crippen LogP contribution >= 0.6 is 0 Å². The number of nitrogens with one attached hydrogen (secondary N) is 1. The Bertz CT molecular complexity index is 388. The highest BCUT2D eigenvalue weighted by atomic mass is 19.2. The van der Waals surface area contributed by atoms with Crippen LogP contribution in [0.4, 0.5) is 18.9 Å². The van der Waals surface area contributed by atoms with Gasteiger partial charge in [-0.05, 0) is 12.3 Å². The maximum Gasteiger partial charge on any atom is 0.194 e. The predicted molar refractivity (Wildman–Crippen MR) is 58.3 cm³/mol. The van der Waals surface area contributed by atoms with Gasteiger partial charge < -0.3 is 10.1 Å². The summed E-state index contributed by atoms with van der Waals surface area (Å²) in [5.41, 5.74) is 0.264. The van der Waals surface area contributed by atoms with Crippen molar-refractivity contribution in [3.63, 3.8) is 0 Å². The fourth-order valence-corrected chi connectivity index (χ4v) is 1.95. The minimum Gasteiger partial charge on any atom is -0.382 e. The van der Waals surface area contributed by atoms with Crippen LogP contribution in [0.5, 0.6) is 0 Å².